The Bertz CT molecular complexity index is 664. The van der Waals surface area contributed by atoms with Crippen molar-refractivity contribution in [2.24, 2.45) is 0 Å². The summed E-state index contributed by atoms with van der Waals surface area (Å²) in [6, 6.07) is 4.18. The maximum atomic E-state index is 13.6. The van der Waals surface area contributed by atoms with E-state index in [9.17, 15) is 14.3 Å². The van der Waals surface area contributed by atoms with E-state index in [1.54, 1.807) is 6.26 Å². The molecule has 0 aliphatic heterocycles. The van der Waals surface area contributed by atoms with Crippen molar-refractivity contribution in [3.63, 3.8) is 0 Å². The highest BCUT2D eigenvalue weighted by Crippen LogP contribution is 2.26. The van der Waals surface area contributed by atoms with E-state index in [0.29, 0.717) is 18.7 Å². The topological polar surface area (TPSA) is 53.7 Å². The van der Waals surface area contributed by atoms with Gasteiger partial charge in [0.05, 0.1) is 11.8 Å². The maximum Gasteiger partial charge on any atom is 0.163 e. The molecule has 0 fully saturated rings. The minimum atomic E-state index is -0.527. The zero-order valence-corrected chi connectivity index (χ0v) is 12.3. The third kappa shape index (κ3) is 3.49. The number of ketones is 1. The Morgan fingerprint density at radius 3 is 2.57 bits per heavy atom. The first kappa shape index (κ1) is 15.3. The van der Waals surface area contributed by atoms with Crippen LogP contribution in [0.1, 0.15) is 34.2 Å². The summed E-state index contributed by atoms with van der Waals surface area (Å²) in [5.74, 6) is -0.211. The molecule has 21 heavy (non-hydrogen) atoms. The van der Waals surface area contributed by atoms with Crippen molar-refractivity contribution in [1.82, 2.24) is 4.90 Å². The van der Waals surface area contributed by atoms with Gasteiger partial charge in [-0.3, -0.25) is 9.69 Å². The highest BCUT2D eigenvalue weighted by molar-refractivity contribution is 5.97. The third-order valence-electron chi connectivity index (χ3n) is 3.38. The average molecular weight is 291 g/mol. The summed E-state index contributed by atoms with van der Waals surface area (Å²) in [7, 11) is 1.85. The van der Waals surface area contributed by atoms with E-state index in [0.717, 1.165) is 17.4 Å². The summed E-state index contributed by atoms with van der Waals surface area (Å²) >= 11 is 0. The van der Waals surface area contributed by atoms with Gasteiger partial charge in [0, 0.05) is 24.2 Å². The monoisotopic (exact) mass is 291 g/mol. The van der Waals surface area contributed by atoms with Crippen LogP contribution < -0.4 is 0 Å². The summed E-state index contributed by atoms with van der Waals surface area (Å²) in [6.07, 6.45) is 1.62. The van der Waals surface area contributed by atoms with Crippen molar-refractivity contribution in [1.29, 1.82) is 0 Å². The predicted octanol–water partition coefficient (Wildman–Crippen LogP) is 3.27. The maximum absolute atomic E-state index is 13.6. The van der Waals surface area contributed by atoms with E-state index in [2.05, 4.69) is 0 Å². The van der Waals surface area contributed by atoms with Gasteiger partial charge in [0.15, 0.2) is 5.78 Å². The molecular weight excluding hydrogens is 273 g/mol. The largest absolute Gasteiger partial charge is 0.507 e. The second-order valence-corrected chi connectivity index (χ2v) is 5.19. The molecule has 0 saturated carbocycles. The van der Waals surface area contributed by atoms with Crippen molar-refractivity contribution in [3.8, 4) is 5.75 Å². The van der Waals surface area contributed by atoms with Gasteiger partial charge >= 0.3 is 0 Å². The number of benzene rings is 1. The normalized spacial score (nSPS) is 11.1. The van der Waals surface area contributed by atoms with Crippen molar-refractivity contribution in [3.05, 3.63) is 52.7 Å². The Labute approximate surface area is 122 Å². The molecule has 2 aromatic rings. The van der Waals surface area contributed by atoms with Crippen LogP contribution in [0.5, 0.6) is 5.75 Å². The van der Waals surface area contributed by atoms with E-state index < -0.39 is 5.82 Å². The number of aromatic hydroxyl groups is 1. The number of aryl methyl sites for hydroxylation is 1. The molecule has 5 heteroatoms. The van der Waals surface area contributed by atoms with Crippen LogP contribution in [0.15, 0.2) is 28.9 Å². The molecule has 0 spiro atoms. The van der Waals surface area contributed by atoms with Crippen LogP contribution in [0.3, 0.4) is 0 Å². The second-order valence-electron chi connectivity index (χ2n) is 5.19. The van der Waals surface area contributed by atoms with Crippen LogP contribution in [0, 0.1) is 12.7 Å². The van der Waals surface area contributed by atoms with E-state index in [4.69, 9.17) is 4.42 Å². The number of hydrogen-bond donors (Lipinski definition) is 1. The van der Waals surface area contributed by atoms with Gasteiger partial charge in [-0.25, -0.2) is 4.39 Å². The molecule has 0 unspecified atom stereocenters. The molecule has 0 radical (unpaired) electrons. The summed E-state index contributed by atoms with van der Waals surface area (Å²) in [4.78, 5) is 13.3. The zero-order valence-electron chi connectivity index (χ0n) is 12.3. The van der Waals surface area contributed by atoms with Gasteiger partial charge in [0.25, 0.3) is 0 Å². The SMILES string of the molecule is CC(=O)c1cc(F)cc(CN(C)Cc2ccoc2C)c1O. The Morgan fingerprint density at radius 2 is 2.00 bits per heavy atom. The molecule has 1 aromatic heterocycles. The van der Waals surface area contributed by atoms with E-state index in [1.165, 1.54) is 13.0 Å². The fraction of sp³-hybridized carbons (Fsp3) is 0.312. The summed E-state index contributed by atoms with van der Waals surface area (Å²) in [6.45, 7) is 4.11. The molecule has 0 aliphatic carbocycles. The van der Waals surface area contributed by atoms with Crippen molar-refractivity contribution in [2.75, 3.05) is 7.05 Å². The lowest BCUT2D eigenvalue weighted by atomic mass is 10.0. The number of nitrogens with zero attached hydrogens (tertiary/aromatic N) is 1. The number of carbonyl (C=O) groups is 1. The number of hydrogen-bond acceptors (Lipinski definition) is 4. The van der Waals surface area contributed by atoms with Gasteiger partial charge in [-0.1, -0.05) is 0 Å². The molecule has 0 saturated heterocycles. The fourth-order valence-electron chi connectivity index (χ4n) is 2.26. The van der Waals surface area contributed by atoms with Gasteiger partial charge in [0.2, 0.25) is 0 Å². The Balaban J connectivity index is 2.19. The summed E-state index contributed by atoms with van der Waals surface area (Å²) < 4.78 is 18.8. The van der Waals surface area contributed by atoms with Crippen LogP contribution in [0.2, 0.25) is 0 Å². The molecule has 2 rings (SSSR count). The molecule has 0 bridgehead atoms. The first-order valence-corrected chi connectivity index (χ1v) is 6.62. The van der Waals surface area contributed by atoms with Crippen molar-refractivity contribution >= 4 is 5.78 Å². The molecule has 0 atom stereocenters. The number of phenolic OH excluding ortho intramolecular Hbond substituents is 1. The number of halogens is 1. The first-order valence-electron chi connectivity index (χ1n) is 6.62. The van der Waals surface area contributed by atoms with Gasteiger partial charge in [-0.15, -0.1) is 0 Å². The minimum absolute atomic E-state index is 0.0119. The molecular formula is C16H18FNO3. The smallest absolute Gasteiger partial charge is 0.163 e. The van der Waals surface area contributed by atoms with Crippen LogP contribution >= 0.6 is 0 Å². The number of phenols is 1. The van der Waals surface area contributed by atoms with Crippen LogP contribution in [0.4, 0.5) is 4.39 Å². The molecule has 1 aromatic carbocycles. The molecule has 112 valence electrons. The van der Waals surface area contributed by atoms with Gasteiger partial charge < -0.3 is 9.52 Å². The Morgan fingerprint density at radius 1 is 1.33 bits per heavy atom. The van der Waals surface area contributed by atoms with E-state index in [-0.39, 0.29) is 17.1 Å². The lowest BCUT2D eigenvalue weighted by Gasteiger charge is -2.18. The van der Waals surface area contributed by atoms with E-state index >= 15 is 0 Å². The first-order chi connectivity index (χ1) is 9.88. The Kier molecular flexibility index (Phi) is 4.43. The Hall–Kier alpha value is -2.14. The molecule has 1 heterocycles. The van der Waals surface area contributed by atoms with Crippen molar-refractivity contribution in [2.45, 2.75) is 26.9 Å². The van der Waals surface area contributed by atoms with Crippen LogP contribution in [-0.2, 0) is 13.1 Å². The van der Waals surface area contributed by atoms with Crippen LogP contribution in [0.25, 0.3) is 0 Å². The second kappa shape index (κ2) is 6.10. The lowest BCUT2D eigenvalue weighted by Crippen LogP contribution is -2.18. The number of carbonyl (C=O) groups excluding carboxylic acids is 1. The molecule has 4 nitrogen and oxygen atoms in total. The van der Waals surface area contributed by atoms with E-state index in [1.807, 2.05) is 24.9 Å². The fourth-order valence-corrected chi connectivity index (χ4v) is 2.26. The number of Topliss-reactive ketones (excluding diaryl/α,β-unsaturated/α-hetero) is 1. The third-order valence-corrected chi connectivity index (χ3v) is 3.38. The minimum Gasteiger partial charge on any atom is -0.507 e. The average Bonchev–Trinajstić information content (AvgIpc) is 2.78. The van der Waals surface area contributed by atoms with Gasteiger partial charge in [-0.2, -0.15) is 0 Å². The molecule has 0 amide bonds. The summed E-state index contributed by atoms with van der Waals surface area (Å²) in [5, 5.41) is 10.1. The van der Waals surface area contributed by atoms with Gasteiger partial charge in [-0.05, 0) is 39.1 Å². The molecule has 1 N–H and O–H groups in total. The number of rotatable bonds is 5. The standard InChI is InChI=1S/C16H18FNO3/c1-10(19)15-7-14(17)6-13(16(15)20)9-18(3)8-12-4-5-21-11(12)2/h4-7,20H,8-9H2,1-3H3. The van der Waals surface area contributed by atoms with Crippen molar-refractivity contribution < 1.29 is 18.7 Å². The highest BCUT2D eigenvalue weighted by Gasteiger charge is 2.15. The summed E-state index contributed by atoms with van der Waals surface area (Å²) in [5.41, 5.74) is 1.43. The van der Waals surface area contributed by atoms with Gasteiger partial charge in [0.1, 0.15) is 17.3 Å². The van der Waals surface area contributed by atoms with Crippen LogP contribution in [-0.4, -0.2) is 22.8 Å². The number of furan rings is 1. The zero-order chi connectivity index (χ0) is 15.6. The highest BCUT2D eigenvalue weighted by atomic mass is 19.1. The molecule has 0 aliphatic rings. The predicted molar refractivity (Wildman–Crippen MR) is 76.7 cm³/mol. The quantitative estimate of drug-likeness (QED) is 0.859. The lowest BCUT2D eigenvalue weighted by molar-refractivity contribution is 0.101.